The average Bonchev–Trinajstić information content (AvgIpc) is 3.45. The lowest BCUT2D eigenvalue weighted by Crippen LogP contribution is -2.24. The van der Waals surface area contributed by atoms with Crippen molar-refractivity contribution in [1.82, 2.24) is 30.1 Å². The Balaban J connectivity index is 1.38. The Kier molecular flexibility index (Phi) is 5.13. The van der Waals surface area contributed by atoms with Crippen molar-refractivity contribution < 1.29 is 9.32 Å². The third-order valence-corrected chi connectivity index (χ3v) is 5.21. The van der Waals surface area contributed by atoms with Crippen LogP contribution in [-0.2, 0) is 17.8 Å². The van der Waals surface area contributed by atoms with Gasteiger partial charge in [0.2, 0.25) is 5.91 Å². The average molecular weight is 368 g/mol. The van der Waals surface area contributed by atoms with Crippen LogP contribution in [0.3, 0.4) is 0 Å². The molecule has 0 atom stereocenters. The minimum absolute atomic E-state index is 0.0771. The number of hydrogen-bond donors (Lipinski definition) is 1. The Morgan fingerprint density at radius 3 is 2.96 bits per heavy atom. The zero-order valence-electron chi connectivity index (χ0n) is 15.5. The van der Waals surface area contributed by atoms with Gasteiger partial charge in [0.15, 0.2) is 17.3 Å². The second-order valence-corrected chi connectivity index (χ2v) is 7.10. The van der Waals surface area contributed by atoms with Gasteiger partial charge in [-0.1, -0.05) is 37.8 Å². The summed E-state index contributed by atoms with van der Waals surface area (Å²) < 4.78 is 7.13. The number of nitrogens with one attached hydrogen (secondary N) is 1. The summed E-state index contributed by atoms with van der Waals surface area (Å²) in [6, 6.07) is 3.74. The fourth-order valence-electron chi connectivity index (χ4n) is 3.61. The molecule has 0 radical (unpaired) electrons. The van der Waals surface area contributed by atoms with E-state index in [-0.39, 0.29) is 5.91 Å². The van der Waals surface area contributed by atoms with E-state index in [1.807, 2.05) is 29.7 Å². The summed E-state index contributed by atoms with van der Waals surface area (Å²) in [6.07, 6.45) is 9.31. The van der Waals surface area contributed by atoms with Gasteiger partial charge < -0.3 is 9.84 Å². The fourth-order valence-corrected chi connectivity index (χ4v) is 3.61. The first kappa shape index (κ1) is 17.6. The van der Waals surface area contributed by atoms with Gasteiger partial charge in [0.25, 0.3) is 5.89 Å². The van der Waals surface area contributed by atoms with Crippen molar-refractivity contribution in [3.63, 3.8) is 0 Å². The summed E-state index contributed by atoms with van der Waals surface area (Å²) in [5.74, 6) is 2.64. The minimum atomic E-state index is 0.0771. The molecular weight excluding hydrogens is 344 g/mol. The summed E-state index contributed by atoms with van der Waals surface area (Å²) >= 11 is 0. The molecule has 0 bridgehead atoms. The zero-order valence-corrected chi connectivity index (χ0v) is 15.5. The van der Waals surface area contributed by atoms with E-state index in [1.54, 1.807) is 0 Å². The number of aryl methyl sites for hydroxylation is 1. The van der Waals surface area contributed by atoms with E-state index in [4.69, 9.17) is 4.52 Å². The normalized spacial score (nSPS) is 14.9. The Labute approximate surface area is 157 Å². The largest absolute Gasteiger partial charge is 0.349 e. The highest BCUT2D eigenvalue weighted by Gasteiger charge is 2.16. The lowest BCUT2D eigenvalue weighted by atomic mass is 10.0. The first-order valence-corrected chi connectivity index (χ1v) is 9.66. The molecule has 3 aromatic rings. The molecule has 1 aliphatic carbocycles. The van der Waals surface area contributed by atoms with Crippen molar-refractivity contribution in [2.45, 2.75) is 58.4 Å². The summed E-state index contributed by atoms with van der Waals surface area (Å²) in [5.41, 5.74) is 1.48. The van der Waals surface area contributed by atoms with E-state index in [1.165, 1.54) is 25.7 Å². The molecule has 8 heteroatoms. The maximum absolute atomic E-state index is 12.1. The van der Waals surface area contributed by atoms with Crippen LogP contribution in [0.5, 0.6) is 0 Å². The molecule has 1 fully saturated rings. The monoisotopic (exact) mass is 368 g/mol. The van der Waals surface area contributed by atoms with Crippen LogP contribution >= 0.6 is 0 Å². The number of aromatic nitrogens is 5. The molecule has 0 unspecified atom stereocenters. The molecule has 142 valence electrons. The van der Waals surface area contributed by atoms with Gasteiger partial charge in [0.05, 0.1) is 6.54 Å². The second kappa shape index (κ2) is 7.85. The van der Waals surface area contributed by atoms with Crippen molar-refractivity contribution in [2.24, 2.45) is 5.92 Å². The van der Waals surface area contributed by atoms with E-state index in [0.717, 1.165) is 24.3 Å². The number of hydrogen-bond acceptors (Lipinski definition) is 6. The molecule has 1 amide bonds. The number of fused-ring (bicyclic) bond motifs is 1. The first-order valence-electron chi connectivity index (χ1n) is 9.66. The van der Waals surface area contributed by atoms with Crippen molar-refractivity contribution in [2.75, 3.05) is 0 Å². The van der Waals surface area contributed by atoms with Gasteiger partial charge in [-0.25, -0.2) is 0 Å². The quantitative estimate of drug-likeness (QED) is 0.688. The Bertz CT molecular complexity index is 925. The van der Waals surface area contributed by atoms with Crippen molar-refractivity contribution in [3.05, 3.63) is 30.0 Å². The van der Waals surface area contributed by atoms with Gasteiger partial charge in [0, 0.05) is 24.6 Å². The summed E-state index contributed by atoms with van der Waals surface area (Å²) in [6.45, 7) is 2.34. The molecule has 1 saturated carbocycles. The number of rotatable bonds is 7. The lowest BCUT2D eigenvalue weighted by Gasteiger charge is -2.08. The number of carbonyl (C=O) groups excluding carboxylic acids is 1. The van der Waals surface area contributed by atoms with Gasteiger partial charge in [-0.3, -0.25) is 9.20 Å². The van der Waals surface area contributed by atoms with Gasteiger partial charge in [-0.05, 0) is 24.5 Å². The summed E-state index contributed by atoms with van der Waals surface area (Å²) in [5, 5.41) is 15.3. The third kappa shape index (κ3) is 3.99. The molecular formula is C19H24N6O2. The highest BCUT2D eigenvalue weighted by Crippen LogP contribution is 2.28. The van der Waals surface area contributed by atoms with Crippen LogP contribution in [0.25, 0.3) is 17.1 Å². The van der Waals surface area contributed by atoms with Crippen LogP contribution in [0.1, 0.15) is 57.1 Å². The molecule has 0 aliphatic heterocycles. The van der Waals surface area contributed by atoms with Crippen LogP contribution in [0.4, 0.5) is 0 Å². The topological polar surface area (TPSA) is 98.2 Å². The number of carbonyl (C=O) groups is 1. The van der Waals surface area contributed by atoms with Gasteiger partial charge in [-0.2, -0.15) is 4.98 Å². The smallest absolute Gasteiger partial charge is 0.258 e. The van der Waals surface area contributed by atoms with Crippen LogP contribution in [0.2, 0.25) is 0 Å². The third-order valence-electron chi connectivity index (χ3n) is 5.21. The predicted octanol–water partition coefficient (Wildman–Crippen LogP) is 2.93. The van der Waals surface area contributed by atoms with E-state index in [9.17, 15) is 4.79 Å². The Morgan fingerprint density at radius 1 is 1.33 bits per heavy atom. The highest BCUT2D eigenvalue weighted by atomic mass is 16.5. The van der Waals surface area contributed by atoms with Gasteiger partial charge in [0.1, 0.15) is 0 Å². The molecule has 27 heavy (non-hydrogen) atoms. The molecule has 1 aliphatic rings. The SMILES string of the molecule is CCc1noc(-c2ccn3c(CNC(=O)CCC4CCCC4)nnc3c2)n1. The number of amides is 1. The highest BCUT2D eigenvalue weighted by molar-refractivity contribution is 5.75. The molecule has 0 aromatic carbocycles. The minimum Gasteiger partial charge on any atom is -0.349 e. The van der Waals surface area contributed by atoms with Crippen molar-refractivity contribution in [1.29, 1.82) is 0 Å². The first-order chi connectivity index (χ1) is 13.2. The Hall–Kier alpha value is -2.77. The summed E-state index contributed by atoms with van der Waals surface area (Å²) in [7, 11) is 0. The standard InChI is InChI=1S/C19H24N6O2/c1-2-15-21-19(27-24-15)14-9-10-25-16(11-14)22-23-17(25)12-20-18(26)8-7-13-5-3-4-6-13/h9-11,13H,2-8,12H2,1H3,(H,20,26). The van der Waals surface area contributed by atoms with Crippen LogP contribution in [-0.4, -0.2) is 30.6 Å². The van der Waals surface area contributed by atoms with Crippen molar-refractivity contribution >= 4 is 11.6 Å². The van der Waals surface area contributed by atoms with Gasteiger partial charge in [-0.15, -0.1) is 10.2 Å². The van der Waals surface area contributed by atoms with Crippen LogP contribution in [0.15, 0.2) is 22.9 Å². The number of pyridine rings is 1. The van der Waals surface area contributed by atoms with E-state index < -0.39 is 0 Å². The van der Waals surface area contributed by atoms with E-state index in [2.05, 4.69) is 25.7 Å². The molecule has 8 nitrogen and oxygen atoms in total. The lowest BCUT2D eigenvalue weighted by molar-refractivity contribution is -0.121. The van der Waals surface area contributed by atoms with Crippen molar-refractivity contribution in [3.8, 4) is 11.5 Å². The van der Waals surface area contributed by atoms with Crippen LogP contribution < -0.4 is 5.32 Å². The molecule has 0 saturated heterocycles. The zero-order chi connectivity index (χ0) is 18.6. The molecule has 0 spiro atoms. The molecule has 4 rings (SSSR count). The second-order valence-electron chi connectivity index (χ2n) is 7.10. The maximum atomic E-state index is 12.1. The molecule has 3 aromatic heterocycles. The van der Waals surface area contributed by atoms with Crippen LogP contribution in [0, 0.1) is 5.92 Å². The summed E-state index contributed by atoms with van der Waals surface area (Å²) in [4.78, 5) is 16.4. The predicted molar refractivity (Wildman–Crippen MR) is 98.7 cm³/mol. The van der Waals surface area contributed by atoms with E-state index >= 15 is 0 Å². The molecule has 3 heterocycles. The fraction of sp³-hybridized carbons (Fsp3) is 0.526. The molecule has 1 N–H and O–H groups in total. The van der Waals surface area contributed by atoms with Gasteiger partial charge >= 0.3 is 0 Å². The number of nitrogens with zero attached hydrogens (tertiary/aromatic N) is 5. The maximum Gasteiger partial charge on any atom is 0.258 e. The van der Waals surface area contributed by atoms with E-state index in [0.29, 0.717) is 36.2 Å². The Morgan fingerprint density at radius 2 is 2.19 bits per heavy atom.